The predicted molar refractivity (Wildman–Crippen MR) is 84.0 cm³/mol. The van der Waals surface area contributed by atoms with E-state index in [0.29, 0.717) is 11.5 Å². The Morgan fingerprint density at radius 2 is 1.82 bits per heavy atom. The Morgan fingerprint density at radius 1 is 1.09 bits per heavy atom. The number of rotatable bonds is 4. The van der Waals surface area contributed by atoms with Crippen LogP contribution >= 0.6 is 0 Å². The molecule has 1 heterocycles. The standard InChI is InChI=1S/C16H16N2O3S/c1-11-3-6-14(7-4-11)22(19,20)17-10-13-5-8-16-15(9-13)18-12(2)21-16/h3-9,17H,10H2,1-2H3. The van der Waals surface area contributed by atoms with Crippen molar-refractivity contribution in [3.05, 3.63) is 59.5 Å². The van der Waals surface area contributed by atoms with Gasteiger partial charge in [0.25, 0.3) is 0 Å². The average molecular weight is 316 g/mol. The summed E-state index contributed by atoms with van der Waals surface area (Å²) in [4.78, 5) is 4.50. The van der Waals surface area contributed by atoms with E-state index in [1.807, 2.05) is 19.1 Å². The van der Waals surface area contributed by atoms with Crippen LogP contribution in [-0.4, -0.2) is 13.4 Å². The second-order valence-corrected chi connectivity index (χ2v) is 6.94. The first kappa shape index (κ1) is 14.7. The zero-order valence-electron chi connectivity index (χ0n) is 12.3. The molecule has 22 heavy (non-hydrogen) atoms. The number of benzene rings is 2. The summed E-state index contributed by atoms with van der Waals surface area (Å²) in [5.74, 6) is 0.590. The molecule has 0 atom stereocenters. The van der Waals surface area contributed by atoms with Crippen LogP contribution in [-0.2, 0) is 16.6 Å². The third-order valence-electron chi connectivity index (χ3n) is 3.36. The molecule has 0 spiro atoms. The van der Waals surface area contributed by atoms with E-state index in [1.165, 1.54) is 0 Å². The summed E-state index contributed by atoms with van der Waals surface area (Å²) in [6.07, 6.45) is 0. The number of nitrogens with one attached hydrogen (secondary N) is 1. The molecule has 1 N–H and O–H groups in total. The third-order valence-corrected chi connectivity index (χ3v) is 4.77. The Morgan fingerprint density at radius 3 is 2.55 bits per heavy atom. The zero-order valence-corrected chi connectivity index (χ0v) is 13.1. The molecule has 114 valence electrons. The van der Waals surface area contributed by atoms with Gasteiger partial charge in [0, 0.05) is 13.5 Å². The molecule has 0 amide bonds. The minimum Gasteiger partial charge on any atom is -0.441 e. The van der Waals surface area contributed by atoms with Crippen molar-refractivity contribution >= 4 is 21.1 Å². The van der Waals surface area contributed by atoms with Crippen LogP contribution in [0.2, 0.25) is 0 Å². The lowest BCUT2D eigenvalue weighted by Crippen LogP contribution is -2.23. The number of oxazole rings is 1. The van der Waals surface area contributed by atoms with Gasteiger partial charge in [0.1, 0.15) is 5.52 Å². The molecule has 0 aliphatic heterocycles. The van der Waals surface area contributed by atoms with Gasteiger partial charge in [0.2, 0.25) is 10.0 Å². The smallest absolute Gasteiger partial charge is 0.240 e. The Balaban J connectivity index is 1.78. The summed E-state index contributed by atoms with van der Waals surface area (Å²) < 4.78 is 32.5. The second kappa shape index (κ2) is 5.55. The van der Waals surface area contributed by atoms with Gasteiger partial charge >= 0.3 is 0 Å². The predicted octanol–water partition coefficient (Wildman–Crippen LogP) is 2.92. The fourth-order valence-corrected chi connectivity index (χ4v) is 3.20. The van der Waals surface area contributed by atoms with Gasteiger partial charge in [0.15, 0.2) is 11.5 Å². The van der Waals surface area contributed by atoms with Crippen LogP contribution in [0.15, 0.2) is 51.8 Å². The zero-order chi connectivity index (χ0) is 15.7. The van der Waals surface area contributed by atoms with E-state index < -0.39 is 10.0 Å². The molecule has 0 unspecified atom stereocenters. The molecule has 2 aromatic carbocycles. The number of hydrogen-bond donors (Lipinski definition) is 1. The average Bonchev–Trinajstić information content (AvgIpc) is 2.85. The van der Waals surface area contributed by atoms with Crippen LogP contribution in [0.4, 0.5) is 0 Å². The van der Waals surface area contributed by atoms with E-state index in [0.717, 1.165) is 16.6 Å². The van der Waals surface area contributed by atoms with E-state index in [2.05, 4.69) is 9.71 Å². The maximum atomic E-state index is 12.2. The van der Waals surface area contributed by atoms with Crippen molar-refractivity contribution in [3.8, 4) is 0 Å². The molecule has 0 aliphatic rings. The largest absolute Gasteiger partial charge is 0.441 e. The highest BCUT2D eigenvalue weighted by molar-refractivity contribution is 7.89. The summed E-state index contributed by atoms with van der Waals surface area (Å²) in [6.45, 7) is 3.90. The molecule has 0 aliphatic carbocycles. The molecule has 3 rings (SSSR count). The van der Waals surface area contributed by atoms with Crippen LogP contribution in [0.1, 0.15) is 17.0 Å². The van der Waals surface area contributed by atoms with Crippen LogP contribution in [0.3, 0.4) is 0 Å². The minimum atomic E-state index is -3.52. The van der Waals surface area contributed by atoms with Gasteiger partial charge in [-0.15, -0.1) is 0 Å². The minimum absolute atomic E-state index is 0.206. The first-order chi connectivity index (χ1) is 10.4. The van der Waals surface area contributed by atoms with Crippen molar-refractivity contribution in [2.45, 2.75) is 25.3 Å². The van der Waals surface area contributed by atoms with E-state index >= 15 is 0 Å². The monoisotopic (exact) mass is 316 g/mol. The number of sulfonamides is 1. The van der Waals surface area contributed by atoms with Crippen LogP contribution in [0.25, 0.3) is 11.1 Å². The first-order valence-electron chi connectivity index (χ1n) is 6.86. The number of aromatic nitrogens is 1. The quantitative estimate of drug-likeness (QED) is 0.803. The highest BCUT2D eigenvalue weighted by Crippen LogP contribution is 2.17. The molecule has 5 nitrogen and oxygen atoms in total. The van der Waals surface area contributed by atoms with Crippen molar-refractivity contribution in [1.82, 2.24) is 9.71 Å². The summed E-state index contributed by atoms with van der Waals surface area (Å²) in [5, 5.41) is 0. The normalized spacial score (nSPS) is 11.9. The van der Waals surface area contributed by atoms with Gasteiger partial charge in [-0.2, -0.15) is 0 Å². The van der Waals surface area contributed by atoms with Crippen LogP contribution in [0.5, 0.6) is 0 Å². The van der Waals surface area contributed by atoms with Crippen molar-refractivity contribution < 1.29 is 12.8 Å². The van der Waals surface area contributed by atoms with E-state index in [-0.39, 0.29) is 11.4 Å². The summed E-state index contributed by atoms with van der Waals surface area (Å²) in [6, 6.07) is 12.2. The van der Waals surface area contributed by atoms with Crippen molar-refractivity contribution in [2.24, 2.45) is 0 Å². The lowest BCUT2D eigenvalue weighted by molar-refractivity contribution is 0.561. The highest BCUT2D eigenvalue weighted by Gasteiger charge is 2.13. The molecule has 0 saturated carbocycles. The lowest BCUT2D eigenvalue weighted by atomic mass is 10.2. The maximum Gasteiger partial charge on any atom is 0.240 e. The van der Waals surface area contributed by atoms with E-state index in [4.69, 9.17) is 4.42 Å². The molecule has 0 bridgehead atoms. The molecular formula is C16H16N2O3S. The summed E-state index contributed by atoms with van der Waals surface area (Å²) in [5.41, 5.74) is 3.27. The lowest BCUT2D eigenvalue weighted by Gasteiger charge is -2.07. The Labute approximate surface area is 129 Å². The van der Waals surface area contributed by atoms with Crippen molar-refractivity contribution in [2.75, 3.05) is 0 Å². The molecule has 0 saturated heterocycles. The maximum absolute atomic E-state index is 12.2. The van der Waals surface area contributed by atoms with Gasteiger partial charge < -0.3 is 4.42 Å². The summed E-state index contributed by atoms with van der Waals surface area (Å²) in [7, 11) is -3.52. The highest BCUT2D eigenvalue weighted by atomic mass is 32.2. The molecule has 1 aromatic heterocycles. The SMILES string of the molecule is Cc1ccc(S(=O)(=O)NCc2ccc3oc(C)nc3c2)cc1. The topological polar surface area (TPSA) is 72.2 Å². The Kier molecular flexibility index (Phi) is 3.72. The second-order valence-electron chi connectivity index (χ2n) is 5.17. The van der Waals surface area contributed by atoms with E-state index in [1.54, 1.807) is 37.3 Å². The van der Waals surface area contributed by atoms with Crippen molar-refractivity contribution in [1.29, 1.82) is 0 Å². The first-order valence-corrected chi connectivity index (χ1v) is 8.35. The molecule has 3 aromatic rings. The van der Waals surface area contributed by atoms with Gasteiger partial charge in [-0.05, 0) is 36.8 Å². The molecule has 6 heteroatoms. The number of fused-ring (bicyclic) bond motifs is 1. The van der Waals surface area contributed by atoms with E-state index in [9.17, 15) is 8.42 Å². The van der Waals surface area contributed by atoms with Crippen LogP contribution < -0.4 is 4.72 Å². The third kappa shape index (κ3) is 3.03. The summed E-state index contributed by atoms with van der Waals surface area (Å²) >= 11 is 0. The van der Waals surface area contributed by atoms with Crippen molar-refractivity contribution in [3.63, 3.8) is 0 Å². The van der Waals surface area contributed by atoms with Gasteiger partial charge in [-0.25, -0.2) is 18.1 Å². The fourth-order valence-electron chi connectivity index (χ4n) is 2.18. The number of aryl methyl sites for hydroxylation is 2. The molecular weight excluding hydrogens is 300 g/mol. The van der Waals surface area contributed by atoms with Gasteiger partial charge in [-0.1, -0.05) is 23.8 Å². The Hall–Kier alpha value is -2.18. The Bertz CT molecular complexity index is 912. The van der Waals surface area contributed by atoms with Crippen LogP contribution in [0, 0.1) is 13.8 Å². The molecule has 0 radical (unpaired) electrons. The number of nitrogens with zero attached hydrogens (tertiary/aromatic N) is 1. The van der Waals surface area contributed by atoms with Gasteiger partial charge in [-0.3, -0.25) is 0 Å². The number of hydrogen-bond acceptors (Lipinski definition) is 4. The molecule has 0 fully saturated rings. The van der Waals surface area contributed by atoms with Gasteiger partial charge in [0.05, 0.1) is 4.90 Å². The fraction of sp³-hybridized carbons (Fsp3) is 0.188.